The number of anilines is 1. The number of nitrogens with zero attached hydrogens (tertiary/aromatic N) is 1. The van der Waals surface area contributed by atoms with Crippen LogP contribution in [-0.4, -0.2) is 15.5 Å². The van der Waals surface area contributed by atoms with E-state index in [-0.39, 0.29) is 18.0 Å². The van der Waals surface area contributed by atoms with Crippen molar-refractivity contribution in [3.63, 3.8) is 0 Å². The Kier molecular flexibility index (Phi) is 4.08. The molecule has 134 valence electrons. The number of benzene rings is 3. The van der Waals surface area contributed by atoms with Crippen LogP contribution in [0.3, 0.4) is 0 Å². The van der Waals surface area contributed by atoms with Gasteiger partial charge in [0.15, 0.2) is 0 Å². The molecule has 0 saturated carbocycles. The fourth-order valence-electron chi connectivity index (χ4n) is 3.15. The summed E-state index contributed by atoms with van der Waals surface area (Å²) in [7, 11) is 0. The monoisotopic (exact) mass is 359 g/mol. The molecule has 1 aromatic heterocycles. The zero-order chi connectivity index (χ0) is 19.0. The summed E-state index contributed by atoms with van der Waals surface area (Å²) in [4.78, 5) is 39.6. The molecule has 3 aromatic carbocycles. The summed E-state index contributed by atoms with van der Waals surface area (Å²) in [6.07, 6.45) is 0. The molecule has 0 aliphatic carbocycles. The molecule has 2 N–H and O–H groups in total. The summed E-state index contributed by atoms with van der Waals surface area (Å²) >= 11 is 0. The number of aromatic amines is 1. The molecule has 0 aliphatic rings. The van der Waals surface area contributed by atoms with Gasteiger partial charge in [-0.1, -0.05) is 30.3 Å². The van der Waals surface area contributed by atoms with Gasteiger partial charge in [0.05, 0.1) is 10.9 Å². The minimum Gasteiger partial charge on any atom is -0.322 e. The molecule has 4 aromatic rings. The Hall–Kier alpha value is -3.67. The molecular formula is C21H17N3O3. The van der Waals surface area contributed by atoms with Crippen molar-refractivity contribution in [3.8, 4) is 0 Å². The Balaban J connectivity index is 1.69. The Morgan fingerprint density at radius 3 is 2.56 bits per heavy atom. The zero-order valence-electron chi connectivity index (χ0n) is 14.7. The lowest BCUT2D eigenvalue weighted by molar-refractivity contribution is 0.102. The highest BCUT2D eigenvalue weighted by Gasteiger charge is 2.11. The van der Waals surface area contributed by atoms with E-state index < -0.39 is 5.69 Å². The number of hydrogen-bond acceptors (Lipinski definition) is 3. The van der Waals surface area contributed by atoms with Crippen LogP contribution in [0.25, 0.3) is 21.7 Å². The van der Waals surface area contributed by atoms with Crippen LogP contribution in [0.2, 0.25) is 0 Å². The molecule has 0 bridgehead atoms. The lowest BCUT2D eigenvalue weighted by atomic mass is 10.1. The highest BCUT2D eigenvalue weighted by Crippen LogP contribution is 2.20. The minimum absolute atomic E-state index is 0.286. The van der Waals surface area contributed by atoms with E-state index in [1.54, 1.807) is 19.1 Å². The molecule has 0 unspecified atom stereocenters. The lowest BCUT2D eigenvalue weighted by Crippen LogP contribution is -2.34. The summed E-state index contributed by atoms with van der Waals surface area (Å²) in [5, 5.41) is 5.34. The second-order valence-electron chi connectivity index (χ2n) is 6.26. The fraction of sp³-hybridized carbons (Fsp3) is 0.0952. The maximum atomic E-state index is 12.6. The van der Waals surface area contributed by atoms with Gasteiger partial charge in [0.1, 0.15) is 0 Å². The van der Waals surface area contributed by atoms with Crippen molar-refractivity contribution in [1.29, 1.82) is 0 Å². The van der Waals surface area contributed by atoms with Gasteiger partial charge in [-0.05, 0) is 48.0 Å². The van der Waals surface area contributed by atoms with Crippen LogP contribution < -0.4 is 16.6 Å². The van der Waals surface area contributed by atoms with Gasteiger partial charge in [-0.2, -0.15) is 0 Å². The first kappa shape index (κ1) is 16.8. The Morgan fingerprint density at radius 2 is 1.78 bits per heavy atom. The number of hydrogen-bond donors (Lipinski definition) is 2. The van der Waals surface area contributed by atoms with E-state index in [2.05, 4.69) is 10.3 Å². The van der Waals surface area contributed by atoms with Crippen molar-refractivity contribution < 1.29 is 4.79 Å². The van der Waals surface area contributed by atoms with Crippen LogP contribution in [0, 0.1) is 0 Å². The third-order valence-corrected chi connectivity index (χ3v) is 4.57. The van der Waals surface area contributed by atoms with Crippen LogP contribution in [0.4, 0.5) is 5.69 Å². The molecule has 4 rings (SSSR count). The van der Waals surface area contributed by atoms with E-state index in [0.29, 0.717) is 22.2 Å². The highest BCUT2D eigenvalue weighted by molar-refractivity contribution is 6.06. The smallest absolute Gasteiger partial charge is 0.322 e. The number of carbonyl (C=O) groups is 1. The molecule has 0 atom stereocenters. The summed E-state index contributed by atoms with van der Waals surface area (Å²) in [5.74, 6) is -0.312. The summed E-state index contributed by atoms with van der Waals surface area (Å²) < 4.78 is 1.12. The van der Waals surface area contributed by atoms with Gasteiger partial charge in [-0.3, -0.25) is 14.2 Å². The predicted octanol–water partition coefficient (Wildman–Crippen LogP) is 3.12. The summed E-state index contributed by atoms with van der Waals surface area (Å²) in [6, 6.07) is 18.2. The van der Waals surface area contributed by atoms with Gasteiger partial charge < -0.3 is 10.3 Å². The number of rotatable bonds is 3. The summed E-state index contributed by atoms with van der Waals surface area (Å²) in [6.45, 7) is 2.02. The quantitative estimate of drug-likeness (QED) is 0.589. The van der Waals surface area contributed by atoms with E-state index in [0.717, 1.165) is 15.3 Å². The minimum atomic E-state index is -0.484. The van der Waals surface area contributed by atoms with E-state index >= 15 is 0 Å². The number of carbonyl (C=O) groups excluding carboxylic acids is 1. The van der Waals surface area contributed by atoms with Crippen LogP contribution in [0.15, 0.2) is 70.3 Å². The molecule has 1 heterocycles. The molecule has 6 heteroatoms. The van der Waals surface area contributed by atoms with Crippen LogP contribution in [0.1, 0.15) is 17.3 Å². The van der Waals surface area contributed by atoms with Gasteiger partial charge >= 0.3 is 5.69 Å². The van der Waals surface area contributed by atoms with Crippen molar-refractivity contribution in [2.24, 2.45) is 0 Å². The molecule has 0 spiro atoms. The molecule has 27 heavy (non-hydrogen) atoms. The number of fused-ring (bicyclic) bond motifs is 2. The maximum Gasteiger partial charge on any atom is 0.328 e. The number of nitrogens with one attached hydrogen (secondary N) is 2. The van der Waals surface area contributed by atoms with Crippen molar-refractivity contribution in [2.45, 2.75) is 13.5 Å². The topological polar surface area (TPSA) is 84.0 Å². The van der Waals surface area contributed by atoms with Gasteiger partial charge in [-0.25, -0.2) is 4.79 Å². The molecule has 6 nitrogen and oxygen atoms in total. The average Bonchev–Trinajstić information content (AvgIpc) is 2.67. The molecular weight excluding hydrogens is 342 g/mol. The first-order chi connectivity index (χ1) is 13.1. The molecule has 0 saturated heterocycles. The molecule has 0 aliphatic heterocycles. The van der Waals surface area contributed by atoms with Crippen LogP contribution in [-0.2, 0) is 6.54 Å². The van der Waals surface area contributed by atoms with E-state index in [9.17, 15) is 14.4 Å². The van der Waals surface area contributed by atoms with Gasteiger partial charge in [0, 0.05) is 17.8 Å². The largest absolute Gasteiger partial charge is 0.328 e. The number of amides is 1. The van der Waals surface area contributed by atoms with E-state index in [4.69, 9.17) is 0 Å². The average molecular weight is 359 g/mol. The fourth-order valence-corrected chi connectivity index (χ4v) is 3.15. The standard InChI is InChI=1S/C21H17N3O3/c1-2-24-20(26)17-10-8-15(12-18(17)23-21(24)27)19(25)22-16-9-7-13-5-3-4-6-14(13)11-16/h3-12H,2H2,1H3,(H,22,25)(H,23,27). The van der Waals surface area contributed by atoms with Crippen LogP contribution in [0.5, 0.6) is 0 Å². The SMILES string of the molecule is CCn1c(=O)[nH]c2cc(C(=O)Nc3ccc4ccccc4c3)ccc2c1=O. The summed E-state index contributed by atoms with van der Waals surface area (Å²) in [5.41, 5.74) is 0.536. The second-order valence-corrected chi connectivity index (χ2v) is 6.26. The zero-order valence-corrected chi connectivity index (χ0v) is 14.7. The normalized spacial score (nSPS) is 11.0. The van der Waals surface area contributed by atoms with E-state index in [1.807, 2.05) is 42.5 Å². The van der Waals surface area contributed by atoms with Crippen molar-refractivity contribution in [1.82, 2.24) is 9.55 Å². The third kappa shape index (κ3) is 3.01. The van der Waals surface area contributed by atoms with Crippen molar-refractivity contribution in [3.05, 3.63) is 87.1 Å². The highest BCUT2D eigenvalue weighted by atomic mass is 16.2. The number of H-pyrrole nitrogens is 1. The first-order valence-corrected chi connectivity index (χ1v) is 8.64. The first-order valence-electron chi connectivity index (χ1n) is 8.64. The van der Waals surface area contributed by atoms with Crippen molar-refractivity contribution >= 4 is 33.3 Å². The van der Waals surface area contributed by atoms with E-state index in [1.165, 1.54) is 6.07 Å². The number of aromatic nitrogens is 2. The third-order valence-electron chi connectivity index (χ3n) is 4.57. The molecule has 0 radical (unpaired) electrons. The van der Waals surface area contributed by atoms with Gasteiger partial charge in [0.2, 0.25) is 0 Å². The van der Waals surface area contributed by atoms with Crippen molar-refractivity contribution in [2.75, 3.05) is 5.32 Å². The van der Waals surface area contributed by atoms with Crippen LogP contribution >= 0.6 is 0 Å². The maximum absolute atomic E-state index is 12.6. The Labute approximate surface area is 154 Å². The molecule has 1 amide bonds. The lowest BCUT2D eigenvalue weighted by Gasteiger charge is -2.08. The predicted molar refractivity (Wildman–Crippen MR) is 106 cm³/mol. The molecule has 0 fully saturated rings. The van der Waals surface area contributed by atoms with Gasteiger partial charge in [0.25, 0.3) is 11.5 Å². The second kappa shape index (κ2) is 6.57. The van der Waals surface area contributed by atoms with Gasteiger partial charge in [-0.15, -0.1) is 0 Å². The Morgan fingerprint density at radius 1 is 1.00 bits per heavy atom. The Bertz CT molecular complexity index is 1300.